The molecule has 132 valence electrons. The molecule has 0 spiro atoms. The molecule has 0 aliphatic carbocycles. The number of nitrogens with one attached hydrogen (secondary N) is 1. The number of anilines is 1. The van der Waals surface area contributed by atoms with Crippen LogP contribution < -0.4 is 10.9 Å². The van der Waals surface area contributed by atoms with Crippen molar-refractivity contribution in [2.24, 2.45) is 0 Å². The highest BCUT2D eigenvalue weighted by Gasteiger charge is 2.19. The Morgan fingerprint density at radius 3 is 2.50 bits per heavy atom. The van der Waals surface area contributed by atoms with Crippen LogP contribution in [0.1, 0.15) is 24.1 Å². The van der Waals surface area contributed by atoms with Crippen molar-refractivity contribution in [3.8, 4) is 11.3 Å². The van der Waals surface area contributed by atoms with Gasteiger partial charge in [-0.3, -0.25) is 9.59 Å². The SMILES string of the molecule is Cc1ccc(C)c(NC(=O)C(C)n2nc(-c3ccccc3)ccc2=O)c1. The molecule has 1 unspecified atom stereocenters. The molecule has 0 radical (unpaired) electrons. The van der Waals surface area contributed by atoms with Crippen LogP contribution in [0.3, 0.4) is 0 Å². The smallest absolute Gasteiger partial charge is 0.267 e. The highest BCUT2D eigenvalue weighted by atomic mass is 16.2. The summed E-state index contributed by atoms with van der Waals surface area (Å²) in [6.07, 6.45) is 0. The third-order valence-electron chi connectivity index (χ3n) is 4.29. The summed E-state index contributed by atoms with van der Waals surface area (Å²) in [5.41, 5.74) is 4.00. The monoisotopic (exact) mass is 347 g/mol. The summed E-state index contributed by atoms with van der Waals surface area (Å²) in [6, 6.07) is 17.8. The Morgan fingerprint density at radius 1 is 1.04 bits per heavy atom. The van der Waals surface area contributed by atoms with Crippen LogP contribution in [0, 0.1) is 13.8 Å². The van der Waals surface area contributed by atoms with E-state index in [0.29, 0.717) is 5.69 Å². The van der Waals surface area contributed by atoms with Crippen molar-refractivity contribution in [3.63, 3.8) is 0 Å². The van der Waals surface area contributed by atoms with E-state index in [1.54, 1.807) is 13.0 Å². The van der Waals surface area contributed by atoms with Crippen molar-refractivity contribution in [1.82, 2.24) is 9.78 Å². The number of rotatable bonds is 4. The van der Waals surface area contributed by atoms with Crippen LogP contribution in [0.2, 0.25) is 0 Å². The number of carbonyl (C=O) groups is 1. The van der Waals surface area contributed by atoms with Gasteiger partial charge in [0.1, 0.15) is 6.04 Å². The van der Waals surface area contributed by atoms with Gasteiger partial charge in [0.15, 0.2) is 0 Å². The summed E-state index contributed by atoms with van der Waals surface area (Å²) in [6.45, 7) is 5.57. The number of carbonyl (C=O) groups excluding carboxylic acids is 1. The van der Waals surface area contributed by atoms with Crippen LogP contribution in [0.25, 0.3) is 11.3 Å². The van der Waals surface area contributed by atoms with Crippen molar-refractivity contribution < 1.29 is 4.79 Å². The maximum Gasteiger partial charge on any atom is 0.267 e. The Bertz CT molecular complexity index is 994. The molecule has 0 aliphatic heterocycles. The van der Waals surface area contributed by atoms with E-state index in [4.69, 9.17) is 0 Å². The summed E-state index contributed by atoms with van der Waals surface area (Å²) in [4.78, 5) is 24.9. The normalized spacial score (nSPS) is 11.8. The maximum absolute atomic E-state index is 12.7. The van der Waals surface area contributed by atoms with Crippen molar-refractivity contribution >= 4 is 11.6 Å². The Labute approximate surface area is 152 Å². The van der Waals surface area contributed by atoms with Gasteiger partial charge in [0.25, 0.3) is 5.56 Å². The Balaban J connectivity index is 1.89. The standard InChI is InChI=1S/C21H21N3O2/c1-14-9-10-15(2)19(13-14)22-21(26)16(3)24-20(25)12-11-18(23-24)17-7-5-4-6-8-17/h4-13,16H,1-3H3,(H,22,26). The van der Waals surface area contributed by atoms with Crippen LogP contribution in [-0.2, 0) is 4.79 Å². The van der Waals surface area contributed by atoms with Gasteiger partial charge >= 0.3 is 0 Å². The fraction of sp³-hybridized carbons (Fsp3) is 0.190. The Hall–Kier alpha value is -3.21. The first-order valence-corrected chi connectivity index (χ1v) is 8.49. The van der Waals surface area contributed by atoms with E-state index in [-0.39, 0.29) is 11.5 Å². The molecular weight excluding hydrogens is 326 g/mol. The molecule has 3 rings (SSSR count). The van der Waals surface area contributed by atoms with E-state index in [0.717, 1.165) is 22.4 Å². The number of hydrogen-bond acceptors (Lipinski definition) is 3. The Kier molecular flexibility index (Phi) is 4.98. The zero-order valence-corrected chi connectivity index (χ0v) is 15.1. The molecule has 1 amide bonds. The lowest BCUT2D eigenvalue weighted by Gasteiger charge is -2.16. The highest BCUT2D eigenvalue weighted by molar-refractivity contribution is 5.94. The van der Waals surface area contributed by atoms with Gasteiger partial charge in [-0.05, 0) is 44.0 Å². The predicted molar refractivity (Wildman–Crippen MR) is 103 cm³/mol. The molecule has 5 heteroatoms. The molecule has 1 heterocycles. The molecule has 1 atom stereocenters. The molecule has 0 bridgehead atoms. The lowest BCUT2D eigenvalue weighted by molar-refractivity contribution is -0.119. The molecule has 3 aromatic rings. The first-order valence-electron chi connectivity index (χ1n) is 8.49. The van der Waals surface area contributed by atoms with Gasteiger partial charge in [-0.2, -0.15) is 5.10 Å². The number of benzene rings is 2. The zero-order chi connectivity index (χ0) is 18.7. The van der Waals surface area contributed by atoms with Crippen molar-refractivity contribution in [3.05, 3.63) is 82.1 Å². The third-order valence-corrected chi connectivity index (χ3v) is 4.29. The van der Waals surface area contributed by atoms with Crippen molar-refractivity contribution in [2.45, 2.75) is 26.8 Å². The second-order valence-corrected chi connectivity index (χ2v) is 6.35. The van der Waals surface area contributed by atoms with Gasteiger partial charge < -0.3 is 5.32 Å². The molecule has 0 saturated carbocycles. The fourth-order valence-corrected chi connectivity index (χ4v) is 2.68. The molecule has 0 fully saturated rings. The van der Waals surface area contributed by atoms with E-state index < -0.39 is 6.04 Å². The first-order chi connectivity index (χ1) is 12.5. The van der Waals surface area contributed by atoms with Gasteiger partial charge in [-0.25, -0.2) is 4.68 Å². The average Bonchev–Trinajstić information content (AvgIpc) is 2.65. The van der Waals surface area contributed by atoms with E-state index in [9.17, 15) is 9.59 Å². The minimum Gasteiger partial charge on any atom is -0.324 e. The molecule has 1 aromatic heterocycles. The van der Waals surface area contributed by atoms with Crippen LogP contribution in [0.5, 0.6) is 0 Å². The van der Waals surface area contributed by atoms with Gasteiger partial charge in [0.05, 0.1) is 5.69 Å². The van der Waals surface area contributed by atoms with Gasteiger partial charge in [0, 0.05) is 17.3 Å². The largest absolute Gasteiger partial charge is 0.324 e. The molecule has 1 N–H and O–H groups in total. The quantitative estimate of drug-likeness (QED) is 0.782. The number of aromatic nitrogens is 2. The number of hydrogen-bond donors (Lipinski definition) is 1. The summed E-state index contributed by atoms with van der Waals surface area (Å²) in [5, 5.41) is 7.29. The van der Waals surface area contributed by atoms with Gasteiger partial charge in [-0.1, -0.05) is 42.5 Å². The second-order valence-electron chi connectivity index (χ2n) is 6.35. The third kappa shape index (κ3) is 3.72. The topological polar surface area (TPSA) is 64.0 Å². The fourth-order valence-electron chi connectivity index (χ4n) is 2.68. The predicted octanol–water partition coefficient (Wildman–Crippen LogP) is 3.73. The average molecular weight is 347 g/mol. The van der Waals surface area contributed by atoms with Crippen molar-refractivity contribution in [2.75, 3.05) is 5.32 Å². The first kappa shape index (κ1) is 17.6. The highest BCUT2D eigenvalue weighted by Crippen LogP contribution is 2.19. The number of amides is 1. The van der Waals surface area contributed by atoms with Crippen LogP contribution in [0.15, 0.2) is 65.5 Å². The van der Waals surface area contributed by atoms with Crippen LogP contribution >= 0.6 is 0 Å². The summed E-state index contributed by atoms with van der Waals surface area (Å²) in [7, 11) is 0. The summed E-state index contributed by atoms with van der Waals surface area (Å²) < 4.78 is 1.22. The van der Waals surface area contributed by atoms with Gasteiger partial charge in [-0.15, -0.1) is 0 Å². The number of nitrogens with zero attached hydrogens (tertiary/aromatic N) is 2. The summed E-state index contributed by atoms with van der Waals surface area (Å²) >= 11 is 0. The lowest BCUT2D eigenvalue weighted by atomic mass is 10.1. The minimum absolute atomic E-state index is 0.279. The number of aryl methyl sites for hydroxylation is 2. The maximum atomic E-state index is 12.7. The molecular formula is C21H21N3O2. The van der Waals surface area contributed by atoms with Crippen LogP contribution in [0.4, 0.5) is 5.69 Å². The zero-order valence-electron chi connectivity index (χ0n) is 15.1. The second kappa shape index (κ2) is 7.35. The molecule has 2 aromatic carbocycles. The van der Waals surface area contributed by atoms with E-state index in [1.165, 1.54) is 10.7 Å². The lowest BCUT2D eigenvalue weighted by Crippen LogP contribution is -2.33. The Morgan fingerprint density at radius 2 is 1.77 bits per heavy atom. The van der Waals surface area contributed by atoms with Crippen LogP contribution in [-0.4, -0.2) is 15.7 Å². The minimum atomic E-state index is -0.730. The van der Waals surface area contributed by atoms with Gasteiger partial charge in [0.2, 0.25) is 5.91 Å². The molecule has 26 heavy (non-hydrogen) atoms. The summed E-state index contributed by atoms with van der Waals surface area (Å²) in [5.74, 6) is -0.279. The van der Waals surface area contributed by atoms with E-state index in [2.05, 4.69) is 10.4 Å². The molecule has 0 aliphatic rings. The van der Waals surface area contributed by atoms with E-state index in [1.807, 2.05) is 62.4 Å². The van der Waals surface area contributed by atoms with E-state index >= 15 is 0 Å². The van der Waals surface area contributed by atoms with Crippen molar-refractivity contribution in [1.29, 1.82) is 0 Å². The molecule has 5 nitrogen and oxygen atoms in total. The molecule has 0 saturated heterocycles.